The van der Waals surface area contributed by atoms with Crippen molar-refractivity contribution in [3.63, 3.8) is 0 Å². The molecule has 0 saturated carbocycles. The Kier molecular flexibility index (Phi) is 5.69. The number of carbonyl (C=O) groups is 1. The summed E-state index contributed by atoms with van der Waals surface area (Å²) < 4.78 is 37.7. The molecule has 0 fully saturated rings. The maximum atomic E-state index is 13.7. The molecule has 0 aliphatic rings. The van der Waals surface area contributed by atoms with Gasteiger partial charge in [0.05, 0.1) is 26.1 Å². The number of methoxy groups -OCH3 is 2. The molecule has 1 aromatic heterocycles. The van der Waals surface area contributed by atoms with Gasteiger partial charge in [0.1, 0.15) is 23.1 Å². The molecule has 144 valence electrons. The van der Waals surface area contributed by atoms with Gasteiger partial charge >= 0.3 is 0 Å². The van der Waals surface area contributed by atoms with Crippen molar-refractivity contribution in [3.8, 4) is 11.5 Å². The molecule has 2 N–H and O–H groups in total. The Morgan fingerprint density at radius 2 is 1.68 bits per heavy atom. The lowest BCUT2D eigenvalue weighted by Crippen LogP contribution is -2.13. The zero-order chi connectivity index (χ0) is 20.1. The Morgan fingerprint density at radius 1 is 0.964 bits per heavy atom. The fourth-order valence-electron chi connectivity index (χ4n) is 2.47. The van der Waals surface area contributed by atoms with Gasteiger partial charge in [-0.15, -0.1) is 0 Å². The predicted octanol–water partition coefficient (Wildman–Crippen LogP) is 4.37. The smallest absolute Gasteiger partial charge is 0.256 e. The second-order valence-corrected chi connectivity index (χ2v) is 5.68. The number of rotatable bonds is 6. The van der Waals surface area contributed by atoms with Crippen LogP contribution in [0.1, 0.15) is 10.4 Å². The van der Waals surface area contributed by atoms with E-state index in [1.165, 1.54) is 32.5 Å². The summed E-state index contributed by atoms with van der Waals surface area (Å²) in [6.45, 7) is 0. The van der Waals surface area contributed by atoms with E-state index in [2.05, 4.69) is 15.6 Å². The quantitative estimate of drug-likeness (QED) is 0.659. The Labute approximate surface area is 160 Å². The molecule has 1 heterocycles. The molecule has 3 rings (SSSR count). The number of benzene rings is 2. The Morgan fingerprint density at radius 3 is 2.29 bits per heavy atom. The van der Waals surface area contributed by atoms with Gasteiger partial charge in [0.15, 0.2) is 11.5 Å². The number of ether oxygens (including phenoxy) is 2. The van der Waals surface area contributed by atoms with Crippen LogP contribution in [0.4, 0.5) is 26.0 Å². The van der Waals surface area contributed by atoms with Crippen molar-refractivity contribution >= 4 is 23.1 Å². The molecule has 6 nitrogen and oxygen atoms in total. The van der Waals surface area contributed by atoms with Gasteiger partial charge in [-0.3, -0.25) is 4.79 Å². The Bertz CT molecular complexity index is 974. The number of nitrogens with zero attached hydrogens (tertiary/aromatic N) is 1. The fourth-order valence-corrected chi connectivity index (χ4v) is 2.47. The fraction of sp³-hybridized carbons (Fsp3) is 0.100. The Hall–Kier alpha value is -3.68. The van der Waals surface area contributed by atoms with Crippen LogP contribution in [-0.2, 0) is 0 Å². The molecule has 0 bridgehead atoms. The number of hydrogen-bond donors (Lipinski definition) is 2. The third kappa shape index (κ3) is 4.17. The lowest BCUT2D eigenvalue weighted by Gasteiger charge is -2.11. The van der Waals surface area contributed by atoms with Crippen LogP contribution in [0.25, 0.3) is 0 Å². The molecule has 0 aliphatic heterocycles. The largest absolute Gasteiger partial charge is 0.493 e. The molecule has 0 spiro atoms. The van der Waals surface area contributed by atoms with Gasteiger partial charge in [-0.25, -0.2) is 13.8 Å². The average Bonchev–Trinajstić information content (AvgIpc) is 2.71. The average molecular weight is 385 g/mol. The van der Waals surface area contributed by atoms with E-state index in [-0.39, 0.29) is 11.5 Å². The van der Waals surface area contributed by atoms with Crippen molar-refractivity contribution in [2.75, 3.05) is 24.9 Å². The third-order valence-corrected chi connectivity index (χ3v) is 3.88. The number of para-hydroxylation sites is 1. The van der Waals surface area contributed by atoms with Crippen molar-refractivity contribution in [1.29, 1.82) is 0 Å². The zero-order valence-corrected chi connectivity index (χ0v) is 15.1. The Balaban J connectivity index is 1.71. The highest BCUT2D eigenvalue weighted by atomic mass is 19.1. The summed E-state index contributed by atoms with van der Waals surface area (Å²) in [6.07, 6.45) is 1.36. The van der Waals surface area contributed by atoms with Crippen LogP contribution in [0.5, 0.6) is 11.5 Å². The van der Waals surface area contributed by atoms with Crippen LogP contribution in [0.15, 0.2) is 54.7 Å². The number of aromatic nitrogens is 1. The normalized spacial score (nSPS) is 10.3. The highest BCUT2D eigenvalue weighted by molar-refractivity contribution is 6.04. The predicted molar refractivity (Wildman–Crippen MR) is 101 cm³/mol. The monoisotopic (exact) mass is 385 g/mol. The standard InChI is InChI=1S/C20H17F2N3O3/c1-27-16-8-6-12(10-17(16)28-2)20(26)25-18-9-7-13(11-23-18)24-19-14(21)4-3-5-15(19)22/h3-11,24H,1-2H3,(H,23,25,26). The van der Waals surface area contributed by atoms with E-state index in [9.17, 15) is 13.6 Å². The van der Waals surface area contributed by atoms with E-state index in [0.29, 0.717) is 22.7 Å². The first kappa shape index (κ1) is 19.1. The number of hydrogen-bond acceptors (Lipinski definition) is 5. The van der Waals surface area contributed by atoms with Crippen LogP contribution < -0.4 is 20.1 Å². The molecule has 0 radical (unpaired) electrons. The summed E-state index contributed by atoms with van der Waals surface area (Å²) in [7, 11) is 2.98. The SMILES string of the molecule is COc1ccc(C(=O)Nc2ccc(Nc3c(F)cccc3F)cn2)cc1OC. The summed E-state index contributed by atoms with van der Waals surface area (Å²) in [4.78, 5) is 16.5. The maximum Gasteiger partial charge on any atom is 0.256 e. The van der Waals surface area contributed by atoms with Crippen molar-refractivity contribution < 1.29 is 23.0 Å². The van der Waals surface area contributed by atoms with E-state index >= 15 is 0 Å². The van der Waals surface area contributed by atoms with E-state index in [1.807, 2.05) is 0 Å². The molecule has 0 unspecified atom stereocenters. The minimum atomic E-state index is -0.717. The van der Waals surface area contributed by atoms with Crippen LogP contribution >= 0.6 is 0 Å². The maximum absolute atomic E-state index is 13.7. The zero-order valence-electron chi connectivity index (χ0n) is 15.1. The number of halogens is 2. The lowest BCUT2D eigenvalue weighted by atomic mass is 10.2. The molecule has 2 aromatic carbocycles. The lowest BCUT2D eigenvalue weighted by molar-refractivity contribution is 0.102. The molecule has 0 atom stereocenters. The van der Waals surface area contributed by atoms with Gasteiger partial charge in [-0.05, 0) is 42.5 Å². The van der Waals surface area contributed by atoms with E-state index < -0.39 is 17.5 Å². The molecule has 0 saturated heterocycles. The van der Waals surface area contributed by atoms with E-state index in [4.69, 9.17) is 9.47 Å². The van der Waals surface area contributed by atoms with E-state index in [1.54, 1.807) is 24.3 Å². The minimum absolute atomic E-state index is 0.272. The topological polar surface area (TPSA) is 72.5 Å². The highest BCUT2D eigenvalue weighted by Crippen LogP contribution is 2.28. The van der Waals surface area contributed by atoms with Gasteiger partial charge in [-0.1, -0.05) is 6.07 Å². The van der Waals surface area contributed by atoms with Crippen molar-refractivity contribution in [1.82, 2.24) is 4.98 Å². The minimum Gasteiger partial charge on any atom is -0.493 e. The van der Waals surface area contributed by atoms with Gasteiger partial charge in [0.25, 0.3) is 5.91 Å². The third-order valence-electron chi connectivity index (χ3n) is 3.88. The number of pyridine rings is 1. The molecule has 1 amide bonds. The molecular formula is C20H17F2N3O3. The molecular weight excluding hydrogens is 368 g/mol. The van der Waals surface area contributed by atoms with Crippen molar-refractivity contribution in [2.24, 2.45) is 0 Å². The second-order valence-electron chi connectivity index (χ2n) is 5.68. The van der Waals surface area contributed by atoms with Gasteiger partial charge in [0.2, 0.25) is 0 Å². The van der Waals surface area contributed by atoms with Crippen LogP contribution in [0.3, 0.4) is 0 Å². The summed E-state index contributed by atoms with van der Waals surface area (Å²) in [6, 6.07) is 11.4. The molecule has 3 aromatic rings. The number of anilines is 3. The number of nitrogens with one attached hydrogen (secondary N) is 2. The molecule has 28 heavy (non-hydrogen) atoms. The van der Waals surface area contributed by atoms with Gasteiger partial charge in [0, 0.05) is 5.56 Å². The first-order valence-electron chi connectivity index (χ1n) is 8.22. The summed E-state index contributed by atoms with van der Waals surface area (Å²) in [5.74, 6) is -0.618. The first-order chi connectivity index (χ1) is 13.5. The van der Waals surface area contributed by atoms with Crippen LogP contribution in [0, 0.1) is 11.6 Å². The highest BCUT2D eigenvalue weighted by Gasteiger charge is 2.12. The van der Waals surface area contributed by atoms with Crippen molar-refractivity contribution in [2.45, 2.75) is 0 Å². The molecule has 0 aliphatic carbocycles. The first-order valence-corrected chi connectivity index (χ1v) is 8.22. The van der Waals surface area contributed by atoms with E-state index in [0.717, 1.165) is 12.1 Å². The second kappa shape index (κ2) is 8.34. The number of amides is 1. The summed E-state index contributed by atoms with van der Waals surface area (Å²) >= 11 is 0. The van der Waals surface area contributed by atoms with Crippen LogP contribution in [0.2, 0.25) is 0 Å². The van der Waals surface area contributed by atoms with Gasteiger partial charge in [-0.2, -0.15) is 0 Å². The van der Waals surface area contributed by atoms with Gasteiger partial charge < -0.3 is 20.1 Å². The number of carbonyl (C=O) groups excluding carboxylic acids is 1. The summed E-state index contributed by atoms with van der Waals surface area (Å²) in [5, 5.41) is 5.26. The molecule has 8 heteroatoms. The van der Waals surface area contributed by atoms with Crippen LogP contribution in [-0.4, -0.2) is 25.1 Å². The van der Waals surface area contributed by atoms with Crippen molar-refractivity contribution in [3.05, 3.63) is 71.9 Å². The summed E-state index contributed by atoms with van der Waals surface area (Å²) in [5.41, 5.74) is 0.453.